The monoisotopic (exact) mass is 215 g/mol. The Bertz CT molecular complexity index is 493. The number of aliphatic hydroxyl groups is 1. The van der Waals surface area contributed by atoms with Crippen LogP contribution in [-0.2, 0) is 6.42 Å². The van der Waals surface area contributed by atoms with Crippen LogP contribution in [-0.4, -0.2) is 16.7 Å². The summed E-state index contributed by atoms with van der Waals surface area (Å²) in [5.74, 6) is 0.190. The van der Waals surface area contributed by atoms with Gasteiger partial charge in [-0.3, -0.25) is 4.98 Å². The van der Waals surface area contributed by atoms with Crippen LogP contribution in [0.5, 0.6) is 0 Å². The second-order valence-electron chi connectivity index (χ2n) is 4.22. The molecular formula is C14H17NO. The molecule has 0 aliphatic heterocycles. The first kappa shape index (κ1) is 11.1. The molecule has 84 valence electrons. The average Bonchev–Trinajstić information content (AvgIpc) is 2.36. The Morgan fingerprint density at radius 1 is 1.31 bits per heavy atom. The summed E-state index contributed by atoms with van der Waals surface area (Å²) in [6, 6.07) is 6.36. The van der Waals surface area contributed by atoms with E-state index in [1.165, 1.54) is 16.5 Å². The quantitative estimate of drug-likeness (QED) is 0.854. The SMILES string of the molecule is CCc1cncc2cc(C(C)CO)ccc12. The van der Waals surface area contributed by atoms with Gasteiger partial charge in [0.15, 0.2) is 0 Å². The molecule has 1 aromatic heterocycles. The predicted octanol–water partition coefficient (Wildman–Crippen LogP) is 2.89. The van der Waals surface area contributed by atoms with Gasteiger partial charge in [-0.25, -0.2) is 0 Å². The molecule has 2 heteroatoms. The highest BCUT2D eigenvalue weighted by Gasteiger charge is 2.06. The highest BCUT2D eigenvalue weighted by molar-refractivity contribution is 5.85. The van der Waals surface area contributed by atoms with Crippen LogP contribution < -0.4 is 0 Å². The van der Waals surface area contributed by atoms with Crippen LogP contribution in [0.15, 0.2) is 30.6 Å². The molecule has 1 atom stereocenters. The Morgan fingerprint density at radius 2 is 2.12 bits per heavy atom. The molecule has 2 nitrogen and oxygen atoms in total. The van der Waals surface area contributed by atoms with Crippen molar-refractivity contribution in [3.05, 3.63) is 41.7 Å². The first-order valence-electron chi connectivity index (χ1n) is 5.73. The molecular weight excluding hydrogens is 198 g/mol. The van der Waals surface area contributed by atoms with Gasteiger partial charge >= 0.3 is 0 Å². The lowest BCUT2D eigenvalue weighted by Gasteiger charge is -2.10. The third-order valence-electron chi connectivity index (χ3n) is 3.09. The largest absolute Gasteiger partial charge is 0.396 e. The predicted molar refractivity (Wildman–Crippen MR) is 66.6 cm³/mol. The van der Waals surface area contributed by atoms with Crippen LogP contribution >= 0.6 is 0 Å². The molecule has 1 heterocycles. The van der Waals surface area contributed by atoms with Crippen molar-refractivity contribution < 1.29 is 5.11 Å². The highest BCUT2D eigenvalue weighted by Crippen LogP contribution is 2.23. The summed E-state index contributed by atoms with van der Waals surface area (Å²) in [6.45, 7) is 4.35. The number of aryl methyl sites for hydroxylation is 1. The van der Waals surface area contributed by atoms with E-state index in [0.29, 0.717) is 0 Å². The zero-order valence-electron chi connectivity index (χ0n) is 9.77. The molecule has 1 unspecified atom stereocenters. The molecule has 0 spiro atoms. The molecule has 1 aromatic carbocycles. The van der Waals surface area contributed by atoms with E-state index in [-0.39, 0.29) is 12.5 Å². The van der Waals surface area contributed by atoms with Gasteiger partial charge < -0.3 is 5.11 Å². The first-order valence-corrected chi connectivity index (χ1v) is 5.73. The first-order chi connectivity index (χ1) is 7.76. The number of aromatic nitrogens is 1. The number of hydrogen-bond acceptors (Lipinski definition) is 2. The van der Waals surface area contributed by atoms with E-state index in [2.05, 4.69) is 30.1 Å². The number of pyridine rings is 1. The van der Waals surface area contributed by atoms with Crippen molar-refractivity contribution in [3.63, 3.8) is 0 Å². The third kappa shape index (κ3) is 1.93. The summed E-state index contributed by atoms with van der Waals surface area (Å²) in [5.41, 5.74) is 2.45. The molecule has 0 fully saturated rings. The van der Waals surface area contributed by atoms with Crippen molar-refractivity contribution in [1.29, 1.82) is 0 Å². The van der Waals surface area contributed by atoms with Crippen molar-refractivity contribution in [3.8, 4) is 0 Å². The van der Waals surface area contributed by atoms with Crippen LogP contribution in [0.2, 0.25) is 0 Å². The number of aliphatic hydroxyl groups excluding tert-OH is 1. The molecule has 0 aliphatic carbocycles. The molecule has 2 aromatic rings. The van der Waals surface area contributed by atoms with Crippen molar-refractivity contribution in [1.82, 2.24) is 4.98 Å². The minimum Gasteiger partial charge on any atom is -0.396 e. The van der Waals surface area contributed by atoms with Gasteiger partial charge in [0.1, 0.15) is 0 Å². The van der Waals surface area contributed by atoms with Crippen molar-refractivity contribution in [2.75, 3.05) is 6.61 Å². The van der Waals surface area contributed by atoms with E-state index in [1.54, 1.807) is 0 Å². The molecule has 2 rings (SSSR count). The van der Waals surface area contributed by atoms with E-state index in [0.717, 1.165) is 11.8 Å². The van der Waals surface area contributed by atoms with Gasteiger partial charge in [-0.05, 0) is 29.0 Å². The summed E-state index contributed by atoms with van der Waals surface area (Å²) in [6.07, 6.45) is 4.82. The molecule has 0 amide bonds. The van der Waals surface area contributed by atoms with Gasteiger partial charge in [0.2, 0.25) is 0 Å². The summed E-state index contributed by atoms with van der Waals surface area (Å²) in [5, 5.41) is 11.6. The van der Waals surface area contributed by atoms with E-state index in [9.17, 15) is 0 Å². The lowest BCUT2D eigenvalue weighted by Crippen LogP contribution is -1.98. The standard InChI is InChI=1S/C14H17NO/c1-3-11-7-15-8-13-6-12(10(2)9-16)4-5-14(11)13/h4-8,10,16H,3,9H2,1-2H3. The van der Waals surface area contributed by atoms with Gasteiger partial charge in [0.25, 0.3) is 0 Å². The molecule has 0 saturated carbocycles. The molecule has 16 heavy (non-hydrogen) atoms. The van der Waals surface area contributed by atoms with Gasteiger partial charge in [0, 0.05) is 30.3 Å². The fourth-order valence-corrected chi connectivity index (χ4v) is 1.95. The topological polar surface area (TPSA) is 33.1 Å². The number of rotatable bonds is 3. The fourth-order valence-electron chi connectivity index (χ4n) is 1.95. The average molecular weight is 215 g/mol. The summed E-state index contributed by atoms with van der Waals surface area (Å²) >= 11 is 0. The van der Waals surface area contributed by atoms with Crippen molar-refractivity contribution >= 4 is 10.8 Å². The summed E-state index contributed by atoms with van der Waals surface area (Å²) in [4.78, 5) is 4.25. The molecule has 1 N–H and O–H groups in total. The fraction of sp³-hybridized carbons (Fsp3) is 0.357. The Kier molecular flexibility index (Phi) is 3.20. The Balaban J connectivity index is 2.55. The maximum atomic E-state index is 9.15. The maximum Gasteiger partial charge on any atom is 0.0497 e. The number of fused-ring (bicyclic) bond motifs is 1. The van der Waals surface area contributed by atoms with Crippen LogP contribution in [0.3, 0.4) is 0 Å². The normalized spacial score (nSPS) is 12.9. The minimum absolute atomic E-state index is 0.187. The van der Waals surface area contributed by atoms with E-state index >= 15 is 0 Å². The van der Waals surface area contributed by atoms with E-state index in [1.807, 2.05) is 19.3 Å². The van der Waals surface area contributed by atoms with Crippen LogP contribution in [0.25, 0.3) is 10.8 Å². The Labute approximate surface area is 96.0 Å². The Morgan fingerprint density at radius 3 is 2.81 bits per heavy atom. The van der Waals surface area contributed by atoms with Gasteiger partial charge in [-0.1, -0.05) is 26.0 Å². The van der Waals surface area contributed by atoms with E-state index < -0.39 is 0 Å². The van der Waals surface area contributed by atoms with Gasteiger partial charge in [0.05, 0.1) is 0 Å². The molecule has 0 aliphatic rings. The van der Waals surface area contributed by atoms with Crippen molar-refractivity contribution in [2.24, 2.45) is 0 Å². The van der Waals surface area contributed by atoms with Crippen molar-refractivity contribution in [2.45, 2.75) is 26.2 Å². The maximum absolute atomic E-state index is 9.15. The highest BCUT2D eigenvalue weighted by atomic mass is 16.3. The summed E-state index contributed by atoms with van der Waals surface area (Å²) < 4.78 is 0. The van der Waals surface area contributed by atoms with Crippen LogP contribution in [0.1, 0.15) is 30.9 Å². The number of benzene rings is 1. The summed E-state index contributed by atoms with van der Waals surface area (Å²) in [7, 11) is 0. The smallest absolute Gasteiger partial charge is 0.0497 e. The van der Waals surface area contributed by atoms with Gasteiger partial charge in [-0.15, -0.1) is 0 Å². The van der Waals surface area contributed by atoms with Crippen LogP contribution in [0, 0.1) is 0 Å². The lowest BCUT2D eigenvalue weighted by atomic mass is 9.97. The third-order valence-corrected chi connectivity index (χ3v) is 3.09. The Hall–Kier alpha value is -1.41. The zero-order chi connectivity index (χ0) is 11.5. The molecule has 0 saturated heterocycles. The second kappa shape index (κ2) is 4.62. The zero-order valence-corrected chi connectivity index (χ0v) is 9.77. The molecule has 0 radical (unpaired) electrons. The van der Waals surface area contributed by atoms with Gasteiger partial charge in [-0.2, -0.15) is 0 Å². The molecule has 0 bridgehead atoms. The lowest BCUT2D eigenvalue weighted by molar-refractivity contribution is 0.273. The number of hydrogen-bond donors (Lipinski definition) is 1. The second-order valence-corrected chi connectivity index (χ2v) is 4.22. The minimum atomic E-state index is 0.187. The number of nitrogens with zero attached hydrogens (tertiary/aromatic N) is 1. The van der Waals surface area contributed by atoms with E-state index in [4.69, 9.17) is 5.11 Å². The van der Waals surface area contributed by atoms with Crippen LogP contribution in [0.4, 0.5) is 0 Å².